The lowest BCUT2D eigenvalue weighted by Gasteiger charge is -2.11. The number of anilines is 1. The molecule has 0 amide bonds. The van der Waals surface area contributed by atoms with E-state index in [1.165, 1.54) is 0 Å². The Bertz CT molecular complexity index is 717. The number of nitrogens with one attached hydrogen (secondary N) is 1. The zero-order chi connectivity index (χ0) is 13.9. The topological polar surface area (TPSA) is 69.3 Å². The molecule has 0 saturated heterocycles. The standard InChI is InChI=1S/C13H16N6O/c1-10-14-5-7-18(10)13-9-11(15-6-8-20-2)17-12-3-4-16-19(12)13/h3-5,7,9H,6,8H2,1-2H3,(H,15,17). The van der Waals surface area contributed by atoms with Crippen LogP contribution >= 0.6 is 0 Å². The Morgan fingerprint density at radius 3 is 3.00 bits per heavy atom. The first-order valence-corrected chi connectivity index (χ1v) is 6.37. The van der Waals surface area contributed by atoms with Crippen molar-refractivity contribution in [2.75, 3.05) is 25.6 Å². The highest BCUT2D eigenvalue weighted by Crippen LogP contribution is 2.16. The van der Waals surface area contributed by atoms with Gasteiger partial charge in [-0.15, -0.1) is 0 Å². The van der Waals surface area contributed by atoms with Gasteiger partial charge in [-0.3, -0.25) is 4.57 Å². The molecule has 3 aromatic rings. The number of methoxy groups -OCH3 is 1. The number of ether oxygens (including phenoxy) is 1. The second kappa shape index (κ2) is 5.30. The molecule has 7 nitrogen and oxygen atoms in total. The minimum absolute atomic E-state index is 0.631. The molecule has 20 heavy (non-hydrogen) atoms. The van der Waals surface area contributed by atoms with Crippen LogP contribution in [0.5, 0.6) is 0 Å². The molecule has 7 heteroatoms. The smallest absolute Gasteiger partial charge is 0.159 e. The molecule has 0 aliphatic heterocycles. The molecule has 0 saturated carbocycles. The summed E-state index contributed by atoms with van der Waals surface area (Å²) in [7, 11) is 1.68. The lowest BCUT2D eigenvalue weighted by Crippen LogP contribution is -2.12. The number of imidazole rings is 1. The molecule has 3 aromatic heterocycles. The Morgan fingerprint density at radius 1 is 1.35 bits per heavy atom. The fourth-order valence-corrected chi connectivity index (χ4v) is 2.06. The number of nitrogens with zero attached hydrogens (tertiary/aromatic N) is 5. The molecule has 1 N–H and O–H groups in total. The SMILES string of the molecule is COCCNc1cc(-n2ccnc2C)n2nccc2n1. The molecular formula is C13H16N6O. The zero-order valence-electron chi connectivity index (χ0n) is 11.4. The molecule has 0 bridgehead atoms. The minimum Gasteiger partial charge on any atom is -0.383 e. The highest BCUT2D eigenvalue weighted by molar-refractivity contribution is 5.52. The third kappa shape index (κ3) is 2.23. The predicted molar refractivity (Wildman–Crippen MR) is 75.2 cm³/mol. The molecule has 0 spiro atoms. The van der Waals surface area contributed by atoms with E-state index < -0.39 is 0 Å². The Morgan fingerprint density at radius 2 is 2.25 bits per heavy atom. The van der Waals surface area contributed by atoms with E-state index in [-0.39, 0.29) is 0 Å². The average molecular weight is 272 g/mol. The largest absolute Gasteiger partial charge is 0.383 e. The van der Waals surface area contributed by atoms with Gasteiger partial charge in [-0.05, 0) is 6.92 Å². The van der Waals surface area contributed by atoms with Gasteiger partial charge in [-0.2, -0.15) is 9.61 Å². The van der Waals surface area contributed by atoms with Crippen molar-refractivity contribution in [1.29, 1.82) is 0 Å². The van der Waals surface area contributed by atoms with Crippen LogP contribution in [0.4, 0.5) is 5.82 Å². The molecule has 0 atom stereocenters. The summed E-state index contributed by atoms with van der Waals surface area (Å²) in [5, 5.41) is 7.54. The molecule has 0 unspecified atom stereocenters. The van der Waals surface area contributed by atoms with Crippen LogP contribution in [0, 0.1) is 6.92 Å². The van der Waals surface area contributed by atoms with Gasteiger partial charge in [0.25, 0.3) is 0 Å². The van der Waals surface area contributed by atoms with Gasteiger partial charge in [0.2, 0.25) is 0 Å². The van der Waals surface area contributed by atoms with Crippen LogP contribution in [-0.2, 0) is 4.74 Å². The van der Waals surface area contributed by atoms with E-state index in [4.69, 9.17) is 4.74 Å². The first-order chi connectivity index (χ1) is 9.79. The fourth-order valence-electron chi connectivity index (χ4n) is 2.06. The summed E-state index contributed by atoms with van der Waals surface area (Å²) in [4.78, 5) is 8.76. The molecule has 3 heterocycles. The Hall–Kier alpha value is -2.41. The van der Waals surface area contributed by atoms with Crippen LogP contribution < -0.4 is 5.32 Å². The lowest BCUT2D eigenvalue weighted by atomic mass is 10.4. The molecule has 3 rings (SSSR count). The maximum absolute atomic E-state index is 5.03. The summed E-state index contributed by atoms with van der Waals surface area (Å²) in [5.41, 5.74) is 0.788. The van der Waals surface area contributed by atoms with Gasteiger partial charge in [-0.25, -0.2) is 9.97 Å². The quantitative estimate of drug-likeness (QED) is 0.709. The Kier molecular flexibility index (Phi) is 3.34. The average Bonchev–Trinajstić information content (AvgIpc) is 3.06. The molecule has 0 radical (unpaired) electrons. The van der Waals surface area contributed by atoms with Gasteiger partial charge in [0.05, 0.1) is 12.8 Å². The van der Waals surface area contributed by atoms with Crippen LogP contribution in [0.25, 0.3) is 11.5 Å². The maximum Gasteiger partial charge on any atom is 0.159 e. The van der Waals surface area contributed by atoms with Gasteiger partial charge in [-0.1, -0.05) is 0 Å². The van der Waals surface area contributed by atoms with Crippen LogP contribution in [0.15, 0.2) is 30.7 Å². The number of rotatable bonds is 5. The highest BCUT2D eigenvalue weighted by Gasteiger charge is 2.09. The van der Waals surface area contributed by atoms with Crippen molar-refractivity contribution in [1.82, 2.24) is 24.1 Å². The fraction of sp³-hybridized carbons (Fsp3) is 0.308. The van der Waals surface area contributed by atoms with E-state index in [0.29, 0.717) is 13.2 Å². The van der Waals surface area contributed by atoms with Crippen LogP contribution in [-0.4, -0.2) is 44.4 Å². The Balaban J connectivity index is 2.05. The van der Waals surface area contributed by atoms with Crippen molar-refractivity contribution in [3.63, 3.8) is 0 Å². The minimum atomic E-state index is 0.631. The first kappa shape index (κ1) is 12.6. The highest BCUT2D eigenvalue weighted by atomic mass is 16.5. The number of fused-ring (bicyclic) bond motifs is 1. The molecule has 0 fully saturated rings. The van der Waals surface area contributed by atoms with E-state index in [1.54, 1.807) is 24.0 Å². The Labute approximate surface area is 116 Å². The number of hydrogen-bond donors (Lipinski definition) is 1. The van der Waals surface area contributed by atoms with Crippen LogP contribution in [0.2, 0.25) is 0 Å². The summed E-state index contributed by atoms with van der Waals surface area (Å²) in [6, 6.07) is 3.82. The summed E-state index contributed by atoms with van der Waals surface area (Å²) in [5.74, 6) is 2.59. The molecule has 0 aromatic carbocycles. The normalized spacial score (nSPS) is 11.1. The van der Waals surface area contributed by atoms with Gasteiger partial charge in [0.15, 0.2) is 5.65 Å². The lowest BCUT2D eigenvalue weighted by molar-refractivity contribution is 0.210. The van der Waals surface area contributed by atoms with Gasteiger partial charge < -0.3 is 10.1 Å². The van der Waals surface area contributed by atoms with Gasteiger partial charge >= 0.3 is 0 Å². The van der Waals surface area contributed by atoms with Gasteiger partial charge in [0, 0.05) is 38.2 Å². The maximum atomic E-state index is 5.03. The third-order valence-corrected chi connectivity index (χ3v) is 3.03. The summed E-state index contributed by atoms with van der Waals surface area (Å²) in [6.07, 6.45) is 5.41. The molecular weight excluding hydrogens is 256 g/mol. The number of hydrogen-bond acceptors (Lipinski definition) is 5. The monoisotopic (exact) mass is 272 g/mol. The number of aryl methyl sites for hydroxylation is 1. The van der Waals surface area contributed by atoms with Crippen molar-refractivity contribution in [3.05, 3.63) is 36.5 Å². The van der Waals surface area contributed by atoms with Crippen molar-refractivity contribution < 1.29 is 4.74 Å². The first-order valence-electron chi connectivity index (χ1n) is 6.37. The second-order valence-corrected chi connectivity index (χ2v) is 4.36. The van der Waals surface area contributed by atoms with E-state index in [1.807, 2.05) is 29.8 Å². The van der Waals surface area contributed by atoms with Crippen molar-refractivity contribution in [2.45, 2.75) is 6.92 Å². The van der Waals surface area contributed by atoms with Gasteiger partial charge in [0.1, 0.15) is 17.5 Å². The van der Waals surface area contributed by atoms with E-state index in [2.05, 4.69) is 20.4 Å². The molecule has 104 valence electrons. The zero-order valence-corrected chi connectivity index (χ0v) is 11.4. The summed E-state index contributed by atoms with van der Waals surface area (Å²) >= 11 is 0. The van der Waals surface area contributed by atoms with Crippen molar-refractivity contribution in [2.24, 2.45) is 0 Å². The van der Waals surface area contributed by atoms with Crippen LogP contribution in [0.1, 0.15) is 5.82 Å². The van der Waals surface area contributed by atoms with Crippen molar-refractivity contribution in [3.8, 4) is 5.82 Å². The third-order valence-electron chi connectivity index (χ3n) is 3.03. The summed E-state index contributed by atoms with van der Waals surface area (Å²) in [6.45, 7) is 3.29. The van der Waals surface area contributed by atoms with Crippen molar-refractivity contribution >= 4 is 11.5 Å². The molecule has 0 aliphatic carbocycles. The van der Waals surface area contributed by atoms with Crippen LogP contribution in [0.3, 0.4) is 0 Å². The van der Waals surface area contributed by atoms with E-state index in [0.717, 1.165) is 23.1 Å². The van der Waals surface area contributed by atoms with E-state index in [9.17, 15) is 0 Å². The molecule has 0 aliphatic rings. The summed E-state index contributed by atoms with van der Waals surface area (Å²) < 4.78 is 8.80. The number of aromatic nitrogens is 5. The van der Waals surface area contributed by atoms with E-state index >= 15 is 0 Å². The predicted octanol–water partition coefficient (Wildman–Crippen LogP) is 1.28. The second-order valence-electron chi connectivity index (χ2n) is 4.36.